The van der Waals surface area contributed by atoms with E-state index >= 15 is 0 Å². The third kappa shape index (κ3) is 5.66. The average molecular weight is 349 g/mol. The second kappa shape index (κ2) is 9.12. The predicted octanol–water partition coefficient (Wildman–Crippen LogP) is 1.46. The van der Waals surface area contributed by atoms with Gasteiger partial charge in [-0.25, -0.2) is 0 Å². The van der Waals surface area contributed by atoms with E-state index in [1.165, 1.54) is 0 Å². The molecule has 0 unspecified atom stereocenters. The minimum absolute atomic E-state index is 0.0247. The first-order valence-electron chi connectivity index (χ1n) is 9.05. The number of aromatic nitrogens is 1. The summed E-state index contributed by atoms with van der Waals surface area (Å²) in [6, 6.07) is 3.75. The van der Waals surface area contributed by atoms with Gasteiger partial charge in [0.2, 0.25) is 5.91 Å². The lowest BCUT2D eigenvalue weighted by atomic mass is 10.1. The molecular formula is C18H27N3O4. The molecule has 2 fully saturated rings. The van der Waals surface area contributed by atoms with E-state index in [-0.39, 0.29) is 18.1 Å². The summed E-state index contributed by atoms with van der Waals surface area (Å²) < 4.78 is 11.5. The Morgan fingerprint density at radius 1 is 1.40 bits per heavy atom. The molecule has 7 heteroatoms. The summed E-state index contributed by atoms with van der Waals surface area (Å²) in [5.74, 6) is 0.721. The number of nitrogens with one attached hydrogen (secondary N) is 1. The molecule has 2 aliphatic heterocycles. The number of hydroxylamine groups is 2. The van der Waals surface area contributed by atoms with Gasteiger partial charge in [0.1, 0.15) is 11.9 Å². The highest BCUT2D eigenvalue weighted by Crippen LogP contribution is 2.17. The molecule has 138 valence electrons. The van der Waals surface area contributed by atoms with E-state index in [1.54, 1.807) is 6.20 Å². The number of nitrogens with zero attached hydrogens (tertiary/aromatic N) is 2. The van der Waals surface area contributed by atoms with Gasteiger partial charge in [0.25, 0.3) is 0 Å². The fraction of sp³-hybridized carbons (Fsp3) is 0.667. The molecule has 0 radical (unpaired) electrons. The van der Waals surface area contributed by atoms with Gasteiger partial charge in [-0.15, -0.1) is 0 Å². The van der Waals surface area contributed by atoms with E-state index in [9.17, 15) is 4.79 Å². The summed E-state index contributed by atoms with van der Waals surface area (Å²) in [6.45, 7) is 5.31. The van der Waals surface area contributed by atoms with E-state index in [2.05, 4.69) is 10.3 Å². The Morgan fingerprint density at radius 3 is 3.08 bits per heavy atom. The highest BCUT2D eigenvalue weighted by atomic mass is 16.7. The van der Waals surface area contributed by atoms with Crippen LogP contribution in [-0.2, 0) is 14.4 Å². The predicted molar refractivity (Wildman–Crippen MR) is 92.1 cm³/mol. The van der Waals surface area contributed by atoms with Crippen LogP contribution in [0.4, 0.5) is 0 Å². The number of ether oxygens (including phenoxy) is 2. The number of hydrogen-bond acceptors (Lipinski definition) is 6. The van der Waals surface area contributed by atoms with Crippen molar-refractivity contribution in [3.63, 3.8) is 0 Å². The molecule has 0 aliphatic carbocycles. The van der Waals surface area contributed by atoms with Crippen LogP contribution in [-0.4, -0.2) is 61.0 Å². The van der Waals surface area contributed by atoms with Crippen LogP contribution in [0.2, 0.25) is 0 Å². The lowest BCUT2D eigenvalue weighted by Crippen LogP contribution is -2.51. The van der Waals surface area contributed by atoms with Crippen LogP contribution in [0.15, 0.2) is 18.3 Å². The summed E-state index contributed by atoms with van der Waals surface area (Å²) in [4.78, 5) is 22.1. The van der Waals surface area contributed by atoms with E-state index in [0.29, 0.717) is 31.9 Å². The first kappa shape index (κ1) is 18.1. The van der Waals surface area contributed by atoms with Crippen LogP contribution in [0.5, 0.6) is 5.75 Å². The van der Waals surface area contributed by atoms with E-state index in [1.807, 2.05) is 24.1 Å². The van der Waals surface area contributed by atoms with Gasteiger partial charge < -0.3 is 14.8 Å². The second-order valence-corrected chi connectivity index (χ2v) is 6.55. The molecule has 25 heavy (non-hydrogen) atoms. The van der Waals surface area contributed by atoms with Crippen LogP contribution in [0.25, 0.3) is 0 Å². The van der Waals surface area contributed by atoms with Crippen molar-refractivity contribution in [3.05, 3.63) is 24.0 Å². The molecule has 2 saturated heterocycles. The number of amides is 1. The number of carbonyl (C=O) groups excluding carboxylic acids is 1. The summed E-state index contributed by atoms with van der Waals surface area (Å²) in [7, 11) is 0. The molecule has 0 spiro atoms. The number of aryl methyl sites for hydroxylation is 1. The van der Waals surface area contributed by atoms with Crippen molar-refractivity contribution in [1.82, 2.24) is 15.4 Å². The fourth-order valence-electron chi connectivity index (χ4n) is 3.02. The summed E-state index contributed by atoms with van der Waals surface area (Å²) >= 11 is 0. The van der Waals surface area contributed by atoms with Gasteiger partial charge in [-0.1, -0.05) is 0 Å². The molecule has 2 aliphatic rings. The van der Waals surface area contributed by atoms with Gasteiger partial charge in [0, 0.05) is 31.8 Å². The molecular weight excluding hydrogens is 322 g/mol. The van der Waals surface area contributed by atoms with Crippen molar-refractivity contribution >= 4 is 5.91 Å². The van der Waals surface area contributed by atoms with Crippen LogP contribution in [0.1, 0.15) is 31.4 Å². The normalized spacial score (nSPS) is 24.7. The van der Waals surface area contributed by atoms with Crippen LogP contribution in [0, 0.1) is 6.92 Å². The zero-order chi connectivity index (χ0) is 17.5. The Balaban J connectivity index is 1.48. The Hall–Kier alpha value is -1.70. The Kier molecular flexibility index (Phi) is 6.61. The molecule has 3 heterocycles. The molecule has 1 aromatic rings. The van der Waals surface area contributed by atoms with Gasteiger partial charge in [-0.3, -0.25) is 14.6 Å². The largest absolute Gasteiger partial charge is 0.484 e. The highest BCUT2D eigenvalue weighted by molar-refractivity contribution is 5.76. The molecule has 1 N–H and O–H groups in total. The second-order valence-electron chi connectivity index (χ2n) is 6.55. The van der Waals surface area contributed by atoms with Crippen molar-refractivity contribution in [1.29, 1.82) is 0 Å². The summed E-state index contributed by atoms with van der Waals surface area (Å²) in [5, 5.41) is 4.98. The molecule has 2 atom stereocenters. The van der Waals surface area contributed by atoms with Crippen LogP contribution < -0.4 is 10.1 Å². The maximum atomic E-state index is 12.3. The first-order valence-corrected chi connectivity index (χ1v) is 9.05. The zero-order valence-electron chi connectivity index (χ0n) is 14.8. The van der Waals surface area contributed by atoms with Crippen molar-refractivity contribution in [2.75, 3.05) is 32.9 Å². The standard InChI is InChI=1S/C18H27N3O4/c1-14-4-5-15(12-19-14)25-17-13-23-11-7-16(17)20-18(22)6-9-21-8-2-3-10-24-21/h4-5,12,16-17H,2-3,6-11,13H2,1H3,(H,20,22)/t16-,17+/m0/s1. The highest BCUT2D eigenvalue weighted by Gasteiger charge is 2.29. The first-order chi connectivity index (χ1) is 12.2. The molecule has 1 amide bonds. The van der Waals surface area contributed by atoms with Crippen molar-refractivity contribution in [3.8, 4) is 5.75 Å². The monoisotopic (exact) mass is 349 g/mol. The minimum Gasteiger partial charge on any atom is -0.484 e. The van der Waals surface area contributed by atoms with Gasteiger partial charge in [0.15, 0.2) is 0 Å². The van der Waals surface area contributed by atoms with Gasteiger partial charge in [0.05, 0.1) is 25.5 Å². The fourth-order valence-corrected chi connectivity index (χ4v) is 3.02. The van der Waals surface area contributed by atoms with E-state index in [0.717, 1.165) is 38.1 Å². The smallest absolute Gasteiger partial charge is 0.221 e. The number of hydrogen-bond donors (Lipinski definition) is 1. The quantitative estimate of drug-likeness (QED) is 0.838. The van der Waals surface area contributed by atoms with Gasteiger partial charge >= 0.3 is 0 Å². The molecule has 0 aromatic carbocycles. The summed E-state index contributed by atoms with van der Waals surface area (Å²) in [6.07, 6.45) is 4.90. The number of carbonyl (C=O) groups is 1. The molecule has 1 aromatic heterocycles. The third-order valence-corrected chi connectivity index (χ3v) is 4.49. The van der Waals surface area contributed by atoms with Crippen molar-refractivity contribution in [2.24, 2.45) is 0 Å². The Labute approximate surface area is 148 Å². The summed E-state index contributed by atoms with van der Waals surface area (Å²) in [5.41, 5.74) is 0.942. The molecule has 0 saturated carbocycles. The van der Waals surface area contributed by atoms with Gasteiger partial charge in [-0.2, -0.15) is 5.06 Å². The van der Waals surface area contributed by atoms with Crippen molar-refractivity contribution < 1.29 is 19.1 Å². The van der Waals surface area contributed by atoms with Gasteiger partial charge in [-0.05, 0) is 38.3 Å². The average Bonchev–Trinajstić information content (AvgIpc) is 2.64. The van der Waals surface area contributed by atoms with Crippen LogP contribution in [0.3, 0.4) is 0 Å². The Bertz CT molecular complexity index is 546. The molecule has 3 rings (SSSR count). The number of rotatable bonds is 6. The van der Waals surface area contributed by atoms with Crippen molar-refractivity contribution in [2.45, 2.75) is 44.8 Å². The van der Waals surface area contributed by atoms with Crippen LogP contribution >= 0.6 is 0 Å². The Morgan fingerprint density at radius 2 is 2.32 bits per heavy atom. The number of pyridine rings is 1. The van der Waals surface area contributed by atoms with E-state index < -0.39 is 0 Å². The maximum absolute atomic E-state index is 12.3. The zero-order valence-corrected chi connectivity index (χ0v) is 14.8. The third-order valence-electron chi connectivity index (χ3n) is 4.49. The molecule has 7 nitrogen and oxygen atoms in total. The SMILES string of the molecule is Cc1ccc(O[C@@H]2COCC[C@@H]2NC(=O)CCN2CCCCO2)cn1. The molecule has 0 bridgehead atoms. The van der Waals surface area contributed by atoms with E-state index in [4.69, 9.17) is 14.3 Å². The topological polar surface area (TPSA) is 72.9 Å². The lowest BCUT2D eigenvalue weighted by Gasteiger charge is -2.32. The minimum atomic E-state index is -0.201. The maximum Gasteiger partial charge on any atom is 0.221 e. The lowest BCUT2D eigenvalue weighted by molar-refractivity contribution is -0.181.